The number of nitriles is 1. The van der Waals surface area contributed by atoms with E-state index in [1.807, 2.05) is 19.1 Å². The quantitative estimate of drug-likeness (QED) is 0.809. The predicted octanol–water partition coefficient (Wildman–Crippen LogP) is 3.71. The van der Waals surface area contributed by atoms with Gasteiger partial charge in [-0.25, -0.2) is 4.98 Å². The van der Waals surface area contributed by atoms with Crippen LogP contribution >= 0.6 is 11.6 Å². The summed E-state index contributed by atoms with van der Waals surface area (Å²) in [6.45, 7) is 1.90. The number of halogens is 1. The number of nitrogens with zero attached hydrogens (tertiary/aromatic N) is 2. The average molecular weight is 245 g/mol. The molecule has 0 bridgehead atoms. The second-order valence-electron chi connectivity index (χ2n) is 3.48. The molecule has 1 aromatic carbocycles. The highest BCUT2D eigenvalue weighted by Crippen LogP contribution is 2.28. The van der Waals surface area contributed by atoms with Gasteiger partial charge in [-0.2, -0.15) is 5.26 Å². The highest BCUT2D eigenvalue weighted by atomic mass is 35.5. The van der Waals surface area contributed by atoms with E-state index in [4.69, 9.17) is 21.6 Å². The van der Waals surface area contributed by atoms with Crippen LogP contribution in [-0.4, -0.2) is 4.98 Å². The number of hydrogen-bond donors (Lipinski definition) is 0. The third-order valence-corrected chi connectivity index (χ3v) is 2.48. The Morgan fingerprint density at radius 2 is 2.18 bits per heavy atom. The van der Waals surface area contributed by atoms with Crippen LogP contribution in [0.1, 0.15) is 11.1 Å². The van der Waals surface area contributed by atoms with Gasteiger partial charge >= 0.3 is 0 Å². The van der Waals surface area contributed by atoms with Crippen molar-refractivity contribution in [3.05, 3.63) is 52.7 Å². The molecule has 0 N–H and O–H groups in total. The molecule has 0 amide bonds. The van der Waals surface area contributed by atoms with E-state index in [0.29, 0.717) is 22.2 Å². The van der Waals surface area contributed by atoms with Crippen molar-refractivity contribution in [1.82, 2.24) is 4.98 Å². The smallest absolute Gasteiger partial charge is 0.237 e. The number of rotatable bonds is 2. The van der Waals surface area contributed by atoms with Crippen LogP contribution < -0.4 is 4.74 Å². The highest BCUT2D eigenvalue weighted by Gasteiger charge is 2.07. The van der Waals surface area contributed by atoms with Crippen LogP contribution in [0.25, 0.3) is 0 Å². The minimum atomic E-state index is 0.292. The molecule has 0 radical (unpaired) electrons. The van der Waals surface area contributed by atoms with Gasteiger partial charge in [0.1, 0.15) is 17.4 Å². The first-order chi connectivity index (χ1) is 8.20. The Hall–Kier alpha value is -2.05. The fraction of sp³-hybridized carbons (Fsp3) is 0.0769. The monoisotopic (exact) mass is 244 g/mol. The molecule has 0 saturated carbocycles. The SMILES string of the molecule is Cc1ccc(Cl)cc1Oc1ncccc1C#N. The zero-order chi connectivity index (χ0) is 12.3. The van der Waals surface area contributed by atoms with Gasteiger partial charge in [0.05, 0.1) is 0 Å². The zero-order valence-corrected chi connectivity index (χ0v) is 9.90. The molecule has 0 fully saturated rings. The summed E-state index contributed by atoms with van der Waals surface area (Å²) in [6, 6.07) is 10.7. The summed E-state index contributed by atoms with van der Waals surface area (Å²) in [7, 11) is 0. The molecule has 0 aliphatic heterocycles. The zero-order valence-electron chi connectivity index (χ0n) is 9.14. The maximum absolute atomic E-state index is 8.92. The number of pyridine rings is 1. The van der Waals surface area contributed by atoms with Gasteiger partial charge in [-0.1, -0.05) is 17.7 Å². The lowest BCUT2D eigenvalue weighted by molar-refractivity contribution is 0.458. The molecule has 0 atom stereocenters. The van der Waals surface area contributed by atoms with Crippen LogP contribution in [0.15, 0.2) is 36.5 Å². The van der Waals surface area contributed by atoms with E-state index < -0.39 is 0 Å². The third-order valence-electron chi connectivity index (χ3n) is 2.25. The molecular weight excluding hydrogens is 236 g/mol. The molecule has 3 nitrogen and oxygen atoms in total. The van der Waals surface area contributed by atoms with Gasteiger partial charge in [-0.05, 0) is 36.8 Å². The molecule has 2 rings (SSSR count). The summed E-state index contributed by atoms with van der Waals surface area (Å²) in [5.41, 5.74) is 1.33. The van der Waals surface area contributed by atoms with E-state index >= 15 is 0 Å². The first-order valence-corrected chi connectivity index (χ1v) is 5.37. The van der Waals surface area contributed by atoms with Gasteiger partial charge in [0, 0.05) is 11.2 Å². The van der Waals surface area contributed by atoms with Gasteiger partial charge in [0.15, 0.2) is 0 Å². The van der Waals surface area contributed by atoms with Crippen LogP contribution in [0, 0.1) is 18.3 Å². The van der Waals surface area contributed by atoms with Crippen molar-refractivity contribution in [2.75, 3.05) is 0 Å². The Bertz CT molecular complexity index is 590. The largest absolute Gasteiger partial charge is 0.437 e. The number of ether oxygens (including phenoxy) is 1. The fourth-order valence-corrected chi connectivity index (χ4v) is 1.51. The van der Waals surface area contributed by atoms with Crippen LogP contribution in [0.5, 0.6) is 11.6 Å². The Kier molecular flexibility index (Phi) is 3.27. The van der Waals surface area contributed by atoms with Crippen molar-refractivity contribution in [1.29, 1.82) is 5.26 Å². The van der Waals surface area contributed by atoms with Crippen molar-refractivity contribution in [2.45, 2.75) is 6.92 Å². The molecule has 1 aromatic heterocycles. The first-order valence-electron chi connectivity index (χ1n) is 5.00. The lowest BCUT2D eigenvalue weighted by atomic mass is 10.2. The van der Waals surface area contributed by atoms with E-state index in [2.05, 4.69) is 4.98 Å². The lowest BCUT2D eigenvalue weighted by Crippen LogP contribution is -1.93. The Balaban J connectivity index is 2.38. The van der Waals surface area contributed by atoms with Crippen LogP contribution in [0.4, 0.5) is 0 Å². The topological polar surface area (TPSA) is 45.9 Å². The number of benzene rings is 1. The molecule has 84 valence electrons. The lowest BCUT2D eigenvalue weighted by Gasteiger charge is -2.08. The summed E-state index contributed by atoms with van der Waals surface area (Å²) in [6.07, 6.45) is 1.58. The van der Waals surface area contributed by atoms with Crippen LogP contribution in [0.3, 0.4) is 0 Å². The molecule has 0 unspecified atom stereocenters. The number of hydrogen-bond acceptors (Lipinski definition) is 3. The number of aryl methyl sites for hydroxylation is 1. The van der Waals surface area contributed by atoms with Gasteiger partial charge in [0.25, 0.3) is 0 Å². The van der Waals surface area contributed by atoms with Crippen molar-refractivity contribution in [3.8, 4) is 17.7 Å². The molecule has 1 heterocycles. The molecular formula is C13H9ClN2O. The Labute approximate surface area is 104 Å². The normalized spacial score (nSPS) is 9.71. The molecule has 17 heavy (non-hydrogen) atoms. The minimum absolute atomic E-state index is 0.292. The van der Waals surface area contributed by atoms with Crippen molar-refractivity contribution in [2.24, 2.45) is 0 Å². The maximum atomic E-state index is 8.92. The van der Waals surface area contributed by atoms with Gasteiger partial charge < -0.3 is 4.74 Å². The fourth-order valence-electron chi connectivity index (χ4n) is 1.35. The first kappa shape index (κ1) is 11.4. The summed E-state index contributed by atoms with van der Waals surface area (Å²) in [5, 5.41) is 9.51. The highest BCUT2D eigenvalue weighted by molar-refractivity contribution is 6.30. The van der Waals surface area contributed by atoms with Gasteiger partial charge in [-0.15, -0.1) is 0 Å². The van der Waals surface area contributed by atoms with E-state index in [9.17, 15) is 0 Å². The second-order valence-corrected chi connectivity index (χ2v) is 3.92. The van der Waals surface area contributed by atoms with Gasteiger partial charge in [-0.3, -0.25) is 0 Å². The van der Waals surface area contributed by atoms with E-state index in [1.54, 1.807) is 30.5 Å². The molecule has 0 spiro atoms. The Morgan fingerprint density at radius 3 is 2.94 bits per heavy atom. The molecule has 0 aliphatic carbocycles. The second kappa shape index (κ2) is 4.86. The predicted molar refractivity (Wildman–Crippen MR) is 65.2 cm³/mol. The standard InChI is InChI=1S/C13H9ClN2O/c1-9-4-5-11(14)7-12(9)17-13-10(8-15)3-2-6-16-13/h2-7H,1H3. The molecule has 0 saturated heterocycles. The van der Waals surface area contributed by atoms with Crippen LogP contribution in [-0.2, 0) is 0 Å². The minimum Gasteiger partial charge on any atom is -0.437 e. The van der Waals surface area contributed by atoms with E-state index in [-0.39, 0.29) is 0 Å². The van der Waals surface area contributed by atoms with Crippen molar-refractivity contribution < 1.29 is 4.74 Å². The summed E-state index contributed by atoms with van der Waals surface area (Å²) in [5.74, 6) is 0.896. The number of aromatic nitrogens is 1. The summed E-state index contributed by atoms with van der Waals surface area (Å²) >= 11 is 5.89. The maximum Gasteiger partial charge on any atom is 0.237 e. The third kappa shape index (κ3) is 2.55. The van der Waals surface area contributed by atoms with Crippen molar-refractivity contribution >= 4 is 11.6 Å². The summed E-state index contributed by atoms with van der Waals surface area (Å²) in [4.78, 5) is 4.03. The molecule has 4 heteroatoms. The Morgan fingerprint density at radius 1 is 1.35 bits per heavy atom. The van der Waals surface area contributed by atoms with E-state index in [1.165, 1.54) is 0 Å². The van der Waals surface area contributed by atoms with Crippen LogP contribution in [0.2, 0.25) is 5.02 Å². The molecule has 0 aliphatic rings. The van der Waals surface area contributed by atoms with E-state index in [0.717, 1.165) is 5.56 Å². The molecule has 2 aromatic rings. The average Bonchev–Trinajstić information content (AvgIpc) is 2.34. The van der Waals surface area contributed by atoms with Crippen molar-refractivity contribution in [3.63, 3.8) is 0 Å². The summed E-state index contributed by atoms with van der Waals surface area (Å²) < 4.78 is 5.59. The van der Waals surface area contributed by atoms with Gasteiger partial charge in [0.2, 0.25) is 5.88 Å².